The first-order valence-corrected chi connectivity index (χ1v) is 10.5. The van der Waals surface area contributed by atoms with E-state index in [1.165, 1.54) is 4.68 Å². The summed E-state index contributed by atoms with van der Waals surface area (Å²) < 4.78 is 30.6. The molecule has 1 aromatic carbocycles. The number of aryl methyl sites for hydroxylation is 2. The molecule has 0 atom stereocenters. The molecular weight excluding hydrogens is 410 g/mol. The van der Waals surface area contributed by atoms with Crippen LogP contribution in [0.5, 0.6) is 0 Å². The topological polar surface area (TPSA) is 64.0 Å². The van der Waals surface area contributed by atoms with Crippen LogP contribution in [0.15, 0.2) is 51.1 Å². The highest BCUT2D eigenvalue weighted by molar-refractivity contribution is 9.10. The van der Waals surface area contributed by atoms with Gasteiger partial charge in [-0.15, -0.1) is 11.3 Å². The van der Waals surface area contributed by atoms with E-state index < -0.39 is 10.0 Å². The molecule has 0 fully saturated rings. The third-order valence-electron chi connectivity index (χ3n) is 3.59. The number of nitrogens with one attached hydrogen (secondary N) is 1. The van der Waals surface area contributed by atoms with E-state index in [0.29, 0.717) is 12.2 Å². The highest BCUT2D eigenvalue weighted by atomic mass is 79.9. The van der Waals surface area contributed by atoms with Crippen molar-refractivity contribution in [1.29, 1.82) is 0 Å². The molecule has 0 bridgehead atoms. The second-order valence-corrected chi connectivity index (χ2v) is 8.74. The van der Waals surface area contributed by atoms with Crippen LogP contribution in [-0.2, 0) is 23.5 Å². The van der Waals surface area contributed by atoms with Gasteiger partial charge in [-0.2, -0.15) is 5.10 Å². The van der Waals surface area contributed by atoms with Crippen LogP contribution >= 0.6 is 27.3 Å². The van der Waals surface area contributed by atoms with E-state index in [9.17, 15) is 8.42 Å². The standard InChI is InChI=1S/C16H16BrN3O2S2/c1-3-11-9-12(17)6-7-15(11)24(21,22)19-16-10-13(18-20(16)2)14-5-4-8-23-14/h4-10,19H,3H2,1-2H3. The number of hydrogen-bond donors (Lipinski definition) is 1. The molecule has 3 aromatic rings. The van der Waals surface area contributed by atoms with Gasteiger partial charge in [0.15, 0.2) is 0 Å². The Morgan fingerprint density at radius 2 is 2.08 bits per heavy atom. The molecule has 0 radical (unpaired) electrons. The highest BCUT2D eigenvalue weighted by Crippen LogP contribution is 2.28. The molecular formula is C16H16BrN3O2S2. The van der Waals surface area contributed by atoms with E-state index in [1.54, 1.807) is 36.6 Å². The van der Waals surface area contributed by atoms with Crippen LogP contribution in [0.2, 0.25) is 0 Å². The summed E-state index contributed by atoms with van der Waals surface area (Å²) in [4.78, 5) is 1.28. The Morgan fingerprint density at radius 3 is 2.75 bits per heavy atom. The lowest BCUT2D eigenvalue weighted by Crippen LogP contribution is -2.17. The van der Waals surface area contributed by atoms with Crippen molar-refractivity contribution in [2.45, 2.75) is 18.2 Å². The first kappa shape index (κ1) is 17.2. The van der Waals surface area contributed by atoms with E-state index >= 15 is 0 Å². The summed E-state index contributed by atoms with van der Waals surface area (Å²) in [6, 6.07) is 10.8. The molecule has 0 saturated carbocycles. The number of aromatic nitrogens is 2. The number of sulfonamides is 1. The average Bonchev–Trinajstić information content (AvgIpc) is 3.17. The Morgan fingerprint density at radius 1 is 1.29 bits per heavy atom. The van der Waals surface area contributed by atoms with Crippen LogP contribution in [0.1, 0.15) is 12.5 Å². The predicted molar refractivity (Wildman–Crippen MR) is 101 cm³/mol. The van der Waals surface area contributed by atoms with Crippen LogP contribution in [0.4, 0.5) is 5.82 Å². The van der Waals surface area contributed by atoms with Gasteiger partial charge in [-0.1, -0.05) is 28.9 Å². The van der Waals surface area contributed by atoms with Crippen molar-refractivity contribution in [2.24, 2.45) is 7.05 Å². The lowest BCUT2D eigenvalue weighted by atomic mass is 10.2. The summed E-state index contributed by atoms with van der Waals surface area (Å²) >= 11 is 4.94. The molecule has 3 rings (SSSR count). The zero-order chi connectivity index (χ0) is 17.3. The van der Waals surface area contributed by atoms with Crippen molar-refractivity contribution in [1.82, 2.24) is 9.78 Å². The maximum atomic E-state index is 12.8. The number of halogens is 1. The van der Waals surface area contributed by atoms with Crippen LogP contribution in [0, 0.1) is 0 Å². The van der Waals surface area contributed by atoms with Gasteiger partial charge in [-0.3, -0.25) is 9.40 Å². The largest absolute Gasteiger partial charge is 0.264 e. The summed E-state index contributed by atoms with van der Waals surface area (Å²) in [6.45, 7) is 1.93. The molecule has 0 aliphatic heterocycles. The van der Waals surface area contributed by atoms with Gasteiger partial charge in [-0.25, -0.2) is 8.42 Å². The number of nitrogens with zero attached hydrogens (tertiary/aromatic N) is 2. The van der Waals surface area contributed by atoms with Crippen molar-refractivity contribution >= 4 is 43.1 Å². The summed E-state index contributed by atoms with van der Waals surface area (Å²) in [5.74, 6) is 0.434. The van der Waals surface area contributed by atoms with Crippen molar-refractivity contribution in [3.63, 3.8) is 0 Å². The molecule has 0 aliphatic rings. The van der Waals surface area contributed by atoms with E-state index in [0.717, 1.165) is 20.6 Å². The molecule has 2 aromatic heterocycles. The number of anilines is 1. The Bertz CT molecular complexity index is 963. The number of thiophene rings is 1. The molecule has 126 valence electrons. The van der Waals surface area contributed by atoms with Gasteiger partial charge in [0.2, 0.25) is 0 Å². The van der Waals surface area contributed by atoms with Gasteiger partial charge in [0.25, 0.3) is 10.0 Å². The molecule has 24 heavy (non-hydrogen) atoms. The summed E-state index contributed by atoms with van der Waals surface area (Å²) in [7, 11) is -1.96. The first-order chi connectivity index (χ1) is 11.4. The minimum atomic E-state index is -3.68. The Kier molecular flexibility index (Phi) is 4.80. The molecule has 0 spiro atoms. The maximum Gasteiger partial charge on any atom is 0.263 e. The third kappa shape index (κ3) is 3.40. The fourth-order valence-electron chi connectivity index (χ4n) is 2.39. The fourth-order valence-corrected chi connectivity index (χ4v) is 4.85. The quantitative estimate of drug-likeness (QED) is 0.663. The molecule has 0 aliphatic carbocycles. The minimum Gasteiger partial charge on any atom is -0.264 e. The van der Waals surface area contributed by atoms with Crippen molar-refractivity contribution in [2.75, 3.05) is 4.72 Å². The predicted octanol–water partition coefficient (Wildman–Crippen LogP) is 4.27. The van der Waals surface area contributed by atoms with Crippen molar-refractivity contribution in [3.05, 3.63) is 51.8 Å². The molecule has 0 unspecified atom stereocenters. The molecule has 0 saturated heterocycles. The second kappa shape index (κ2) is 6.70. The Hall–Kier alpha value is -1.64. The van der Waals surface area contributed by atoms with Gasteiger partial charge in [0.1, 0.15) is 11.5 Å². The van der Waals surface area contributed by atoms with Crippen LogP contribution < -0.4 is 4.72 Å². The first-order valence-electron chi connectivity index (χ1n) is 7.30. The average molecular weight is 426 g/mol. The molecule has 0 amide bonds. The number of benzene rings is 1. The molecule has 5 nitrogen and oxygen atoms in total. The lowest BCUT2D eigenvalue weighted by molar-refractivity contribution is 0.599. The van der Waals surface area contributed by atoms with Gasteiger partial charge in [0, 0.05) is 17.6 Å². The molecule has 8 heteroatoms. The summed E-state index contributed by atoms with van der Waals surface area (Å²) in [5, 5.41) is 6.34. The highest BCUT2D eigenvalue weighted by Gasteiger charge is 2.20. The van der Waals surface area contributed by atoms with Crippen LogP contribution in [0.3, 0.4) is 0 Å². The van der Waals surface area contributed by atoms with Crippen LogP contribution in [-0.4, -0.2) is 18.2 Å². The van der Waals surface area contributed by atoms with Gasteiger partial charge < -0.3 is 0 Å². The van der Waals surface area contributed by atoms with Crippen LogP contribution in [0.25, 0.3) is 10.6 Å². The monoisotopic (exact) mass is 425 g/mol. The minimum absolute atomic E-state index is 0.284. The van der Waals surface area contributed by atoms with E-state index in [-0.39, 0.29) is 4.90 Å². The van der Waals surface area contributed by atoms with E-state index in [1.807, 2.05) is 30.5 Å². The lowest BCUT2D eigenvalue weighted by Gasteiger charge is -2.11. The van der Waals surface area contributed by atoms with Gasteiger partial charge >= 0.3 is 0 Å². The van der Waals surface area contributed by atoms with E-state index in [2.05, 4.69) is 25.8 Å². The van der Waals surface area contributed by atoms with Gasteiger partial charge in [-0.05, 0) is 41.6 Å². The van der Waals surface area contributed by atoms with Crippen molar-refractivity contribution < 1.29 is 8.42 Å². The SMILES string of the molecule is CCc1cc(Br)ccc1S(=O)(=O)Nc1cc(-c2cccs2)nn1C. The normalized spacial score (nSPS) is 11.6. The summed E-state index contributed by atoms with van der Waals surface area (Å²) in [5.41, 5.74) is 1.51. The molecule has 1 N–H and O–H groups in total. The Balaban J connectivity index is 1.96. The summed E-state index contributed by atoms with van der Waals surface area (Å²) in [6.07, 6.45) is 0.627. The zero-order valence-corrected chi connectivity index (χ0v) is 16.4. The number of hydrogen-bond acceptors (Lipinski definition) is 4. The maximum absolute atomic E-state index is 12.8. The van der Waals surface area contributed by atoms with E-state index in [4.69, 9.17) is 0 Å². The van der Waals surface area contributed by atoms with Crippen molar-refractivity contribution in [3.8, 4) is 10.6 Å². The second-order valence-electron chi connectivity index (χ2n) is 5.23. The Labute approximate surface area is 153 Å². The zero-order valence-electron chi connectivity index (χ0n) is 13.2. The van der Waals surface area contributed by atoms with Gasteiger partial charge in [0.05, 0.1) is 9.77 Å². The molecule has 2 heterocycles. The smallest absolute Gasteiger partial charge is 0.263 e. The third-order valence-corrected chi connectivity index (χ3v) is 6.43. The fraction of sp³-hybridized carbons (Fsp3) is 0.188. The number of rotatable bonds is 5.